The summed E-state index contributed by atoms with van der Waals surface area (Å²) in [6.45, 7) is 3.54. The van der Waals surface area contributed by atoms with Crippen LogP contribution in [0, 0.1) is 6.92 Å². The lowest BCUT2D eigenvalue weighted by molar-refractivity contribution is 0.414. The van der Waals surface area contributed by atoms with E-state index >= 15 is 0 Å². The summed E-state index contributed by atoms with van der Waals surface area (Å²) in [6, 6.07) is 8.19. The fourth-order valence-electron chi connectivity index (χ4n) is 3.00. The third kappa shape index (κ3) is 2.57. The zero-order valence-corrected chi connectivity index (χ0v) is 13.8. The van der Waals surface area contributed by atoms with Crippen molar-refractivity contribution in [2.24, 2.45) is 0 Å². The molecule has 1 aromatic carbocycles. The lowest BCUT2D eigenvalue weighted by atomic mass is 9.91. The number of ether oxygens (including phenoxy) is 1. The predicted molar refractivity (Wildman–Crippen MR) is 89.1 cm³/mol. The Balaban J connectivity index is 1.73. The summed E-state index contributed by atoms with van der Waals surface area (Å²) in [5, 5.41) is 0.954. The Labute approximate surface area is 138 Å². The second-order valence-electron chi connectivity index (χ2n) is 5.60. The Kier molecular flexibility index (Phi) is 3.49. The molecule has 0 aliphatic carbocycles. The number of aromatic nitrogens is 4. The highest BCUT2D eigenvalue weighted by Gasteiger charge is 2.30. The molecule has 1 N–H and O–H groups in total. The van der Waals surface area contributed by atoms with E-state index in [4.69, 9.17) is 4.74 Å². The average molecular weight is 327 g/mol. The molecule has 1 aliphatic heterocycles. The van der Waals surface area contributed by atoms with E-state index in [1.54, 1.807) is 13.4 Å². The molecule has 118 valence electrons. The van der Waals surface area contributed by atoms with Gasteiger partial charge in [-0.2, -0.15) is 4.37 Å². The third-order valence-electron chi connectivity index (χ3n) is 4.12. The molecule has 0 bridgehead atoms. The molecule has 0 amide bonds. The van der Waals surface area contributed by atoms with Crippen LogP contribution in [0.3, 0.4) is 0 Å². The van der Waals surface area contributed by atoms with Crippen LogP contribution < -0.4 is 9.64 Å². The molecule has 0 spiro atoms. The SMILES string of the molecule is COc1cccc(C2CN(c3nc(C)ns3)Cc3[nH]cnc32)c1. The molecule has 7 heteroatoms. The highest BCUT2D eigenvalue weighted by Crippen LogP contribution is 2.35. The molecule has 1 aliphatic rings. The summed E-state index contributed by atoms with van der Waals surface area (Å²) in [6.07, 6.45) is 1.77. The summed E-state index contributed by atoms with van der Waals surface area (Å²) in [5.41, 5.74) is 3.44. The van der Waals surface area contributed by atoms with Gasteiger partial charge in [0, 0.05) is 24.0 Å². The van der Waals surface area contributed by atoms with Gasteiger partial charge in [0.05, 0.1) is 31.4 Å². The van der Waals surface area contributed by atoms with Gasteiger partial charge in [0.2, 0.25) is 5.13 Å². The van der Waals surface area contributed by atoms with Crippen LogP contribution >= 0.6 is 11.5 Å². The number of anilines is 1. The summed E-state index contributed by atoms with van der Waals surface area (Å²) < 4.78 is 9.67. The molecule has 0 saturated heterocycles. The number of hydrogen-bond donors (Lipinski definition) is 1. The van der Waals surface area contributed by atoms with Gasteiger partial charge in [-0.05, 0) is 24.6 Å². The van der Waals surface area contributed by atoms with Gasteiger partial charge in [0.25, 0.3) is 0 Å². The number of nitrogens with zero attached hydrogens (tertiary/aromatic N) is 4. The molecule has 1 atom stereocenters. The fourth-order valence-corrected chi connectivity index (χ4v) is 3.68. The highest BCUT2D eigenvalue weighted by molar-refractivity contribution is 7.09. The van der Waals surface area contributed by atoms with Gasteiger partial charge >= 0.3 is 0 Å². The minimum atomic E-state index is 0.185. The van der Waals surface area contributed by atoms with Gasteiger partial charge in [-0.25, -0.2) is 9.97 Å². The summed E-state index contributed by atoms with van der Waals surface area (Å²) in [4.78, 5) is 14.6. The first-order valence-corrected chi connectivity index (χ1v) is 8.23. The Morgan fingerprint density at radius 2 is 2.30 bits per heavy atom. The van der Waals surface area contributed by atoms with Crippen molar-refractivity contribution in [3.63, 3.8) is 0 Å². The van der Waals surface area contributed by atoms with Crippen molar-refractivity contribution in [1.82, 2.24) is 19.3 Å². The van der Waals surface area contributed by atoms with E-state index in [9.17, 15) is 0 Å². The summed E-state index contributed by atoms with van der Waals surface area (Å²) in [5.74, 6) is 1.87. The molecule has 23 heavy (non-hydrogen) atoms. The Morgan fingerprint density at radius 3 is 3.09 bits per heavy atom. The van der Waals surface area contributed by atoms with Crippen LogP contribution in [0.1, 0.15) is 28.7 Å². The van der Waals surface area contributed by atoms with Crippen molar-refractivity contribution in [3.8, 4) is 5.75 Å². The fraction of sp³-hybridized carbons (Fsp3) is 0.312. The molecular formula is C16H17N5OS. The first kappa shape index (κ1) is 14.2. The number of fused-ring (bicyclic) bond motifs is 1. The first-order chi connectivity index (χ1) is 11.2. The van der Waals surface area contributed by atoms with E-state index in [0.717, 1.165) is 41.2 Å². The van der Waals surface area contributed by atoms with Crippen LogP contribution in [0.2, 0.25) is 0 Å². The smallest absolute Gasteiger partial charge is 0.205 e. The molecule has 1 unspecified atom stereocenters. The second-order valence-corrected chi connectivity index (χ2v) is 6.33. The number of aryl methyl sites for hydroxylation is 1. The van der Waals surface area contributed by atoms with Crippen molar-refractivity contribution in [2.75, 3.05) is 18.6 Å². The van der Waals surface area contributed by atoms with Gasteiger partial charge in [-0.15, -0.1) is 0 Å². The number of rotatable bonds is 3. The van der Waals surface area contributed by atoms with E-state index in [-0.39, 0.29) is 5.92 Å². The molecule has 4 rings (SSSR count). The molecule has 3 aromatic rings. The molecule has 2 aromatic heterocycles. The summed E-state index contributed by atoms with van der Waals surface area (Å²) in [7, 11) is 1.69. The van der Waals surface area contributed by atoms with Crippen LogP contribution in [0.4, 0.5) is 5.13 Å². The largest absolute Gasteiger partial charge is 0.497 e. The lowest BCUT2D eigenvalue weighted by Gasteiger charge is -2.31. The molecule has 6 nitrogen and oxygen atoms in total. The van der Waals surface area contributed by atoms with Gasteiger partial charge in [-0.1, -0.05) is 12.1 Å². The van der Waals surface area contributed by atoms with Crippen molar-refractivity contribution < 1.29 is 4.74 Å². The second kappa shape index (κ2) is 5.66. The van der Waals surface area contributed by atoms with Crippen LogP contribution in [-0.2, 0) is 6.54 Å². The zero-order valence-electron chi connectivity index (χ0n) is 13.0. The Hall–Kier alpha value is -2.41. The number of nitrogens with one attached hydrogen (secondary N) is 1. The maximum atomic E-state index is 5.37. The normalized spacial score (nSPS) is 17.1. The highest BCUT2D eigenvalue weighted by atomic mass is 32.1. The van der Waals surface area contributed by atoms with Gasteiger partial charge in [0.15, 0.2) is 0 Å². The zero-order chi connectivity index (χ0) is 15.8. The Morgan fingerprint density at radius 1 is 1.39 bits per heavy atom. The van der Waals surface area contributed by atoms with E-state index in [2.05, 4.69) is 36.4 Å². The average Bonchev–Trinajstić information content (AvgIpc) is 3.22. The Bertz CT molecular complexity index is 827. The van der Waals surface area contributed by atoms with Crippen molar-refractivity contribution in [2.45, 2.75) is 19.4 Å². The quantitative estimate of drug-likeness (QED) is 0.801. The van der Waals surface area contributed by atoms with Crippen LogP contribution in [0.5, 0.6) is 5.75 Å². The molecule has 3 heterocycles. The van der Waals surface area contributed by atoms with E-state index in [0.29, 0.717) is 0 Å². The number of methoxy groups -OCH3 is 1. The lowest BCUT2D eigenvalue weighted by Crippen LogP contribution is -2.34. The van der Waals surface area contributed by atoms with Crippen LogP contribution in [-0.4, -0.2) is 33.0 Å². The number of H-pyrrole nitrogens is 1. The van der Waals surface area contributed by atoms with E-state index < -0.39 is 0 Å². The minimum Gasteiger partial charge on any atom is -0.497 e. The molecule has 0 saturated carbocycles. The molecule has 0 radical (unpaired) electrons. The third-order valence-corrected chi connectivity index (χ3v) is 4.99. The number of aromatic amines is 1. The van der Waals surface area contributed by atoms with Crippen molar-refractivity contribution in [1.29, 1.82) is 0 Å². The topological polar surface area (TPSA) is 66.9 Å². The molecular weight excluding hydrogens is 310 g/mol. The van der Waals surface area contributed by atoms with E-state index in [1.165, 1.54) is 17.1 Å². The maximum absolute atomic E-state index is 5.37. The van der Waals surface area contributed by atoms with Gasteiger partial charge < -0.3 is 14.6 Å². The van der Waals surface area contributed by atoms with E-state index in [1.807, 2.05) is 19.1 Å². The molecule has 0 fully saturated rings. The van der Waals surface area contributed by atoms with Crippen LogP contribution in [0.15, 0.2) is 30.6 Å². The summed E-state index contributed by atoms with van der Waals surface area (Å²) >= 11 is 1.44. The van der Waals surface area contributed by atoms with Gasteiger partial charge in [0.1, 0.15) is 11.6 Å². The standard InChI is InChI=1S/C16H17N5OS/c1-10-19-16(23-20-10)21-7-13(15-14(8-21)17-9-18-15)11-4-3-5-12(6-11)22-2/h3-6,9,13H,7-8H2,1-2H3,(H,17,18). The monoisotopic (exact) mass is 327 g/mol. The van der Waals surface area contributed by atoms with Crippen molar-refractivity contribution in [3.05, 3.63) is 53.4 Å². The minimum absolute atomic E-state index is 0.185. The van der Waals surface area contributed by atoms with Crippen molar-refractivity contribution >= 4 is 16.7 Å². The number of imidazole rings is 1. The maximum Gasteiger partial charge on any atom is 0.205 e. The number of benzene rings is 1. The first-order valence-electron chi connectivity index (χ1n) is 7.46. The number of hydrogen-bond acceptors (Lipinski definition) is 6. The predicted octanol–water partition coefficient (Wildman–Crippen LogP) is 2.73. The van der Waals surface area contributed by atoms with Gasteiger partial charge in [-0.3, -0.25) is 0 Å². The van der Waals surface area contributed by atoms with Crippen LogP contribution in [0.25, 0.3) is 0 Å².